The van der Waals surface area contributed by atoms with Crippen molar-refractivity contribution < 1.29 is 14.3 Å². The van der Waals surface area contributed by atoms with E-state index in [0.29, 0.717) is 12.5 Å². The first-order valence-electron chi connectivity index (χ1n) is 12.8. The summed E-state index contributed by atoms with van der Waals surface area (Å²) >= 11 is 0. The van der Waals surface area contributed by atoms with E-state index in [-0.39, 0.29) is 23.4 Å². The van der Waals surface area contributed by atoms with Crippen molar-refractivity contribution in [2.24, 2.45) is 0 Å². The number of carbonyl (C=O) groups excluding carboxylic acids is 2. The van der Waals surface area contributed by atoms with E-state index in [1.54, 1.807) is 0 Å². The quantitative estimate of drug-likeness (QED) is 0.552. The molecular weight excluding hydrogens is 454 g/mol. The highest BCUT2D eigenvalue weighted by molar-refractivity contribution is 6.03. The van der Waals surface area contributed by atoms with Gasteiger partial charge in [-0.15, -0.1) is 0 Å². The minimum atomic E-state index is -0.467. The van der Waals surface area contributed by atoms with Crippen LogP contribution in [0.25, 0.3) is 5.57 Å². The predicted octanol–water partition coefficient (Wildman–Crippen LogP) is 5.01. The summed E-state index contributed by atoms with van der Waals surface area (Å²) in [5, 5.41) is 12.0. The van der Waals surface area contributed by atoms with Crippen LogP contribution in [-0.2, 0) is 9.53 Å². The fourth-order valence-electron chi connectivity index (χ4n) is 4.93. The number of nitriles is 1. The predicted molar refractivity (Wildman–Crippen MR) is 138 cm³/mol. The largest absolute Gasteiger partial charge is 0.459 e. The van der Waals surface area contributed by atoms with Gasteiger partial charge in [-0.25, -0.2) is 4.98 Å². The first kappa shape index (κ1) is 25.6. The number of piperidine rings is 1. The molecule has 2 heterocycles. The number of likely N-dealkylation sites (tertiary alicyclic amines) is 1. The van der Waals surface area contributed by atoms with Gasteiger partial charge in [-0.05, 0) is 102 Å². The third-order valence-corrected chi connectivity index (χ3v) is 6.67. The maximum absolute atomic E-state index is 12.8. The van der Waals surface area contributed by atoms with Crippen molar-refractivity contribution in [1.29, 1.82) is 5.26 Å². The van der Waals surface area contributed by atoms with E-state index >= 15 is 0 Å². The Labute approximate surface area is 212 Å². The van der Waals surface area contributed by atoms with Crippen molar-refractivity contribution in [2.75, 3.05) is 25.0 Å². The Balaban J connectivity index is 1.47. The second-order valence-electron chi connectivity index (χ2n) is 10.6. The molecule has 1 aromatic carbocycles. The third kappa shape index (κ3) is 6.61. The number of aromatic amines is 1. The van der Waals surface area contributed by atoms with Crippen LogP contribution in [0.5, 0.6) is 0 Å². The number of rotatable bonds is 6. The van der Waals surface area contributed by atoms with E-state index in [9.17, 15) is 9.59 Å². The highest BCUT2D eigenvalue weighted by Crippen LogP contribution is 2.36. The lowest BCUT2D eigenvalue weighted by Crippen LogP contribution is -2.39. The normalized spacial score (nSPS) is 17.2. The van der Waals surface area contributed by atoms with Gasteiger partial charge in [0.1, 0.15) is 17.4 Å². The number of ether oxygens (including phenoxy) is 1. The third-order valence-electron chi connectivity index (χ3n) is 6.67. The molecule has 0 bridgehead atoms. The van der Waals surface area contributed by atoms with Crippen molar-refractivity contribution in [3.05, 3.63) is 53.1 Å². The summed E-state index contributed by atoms with van der Waals surface area (Å²) in [6.07, 6.45) is 9.92. The van der Waals surface area contributed by atoms with E-state index < -0.39 is 5.60 Å². The molecule has 2 aliphatic rings. The van der Waals surface area contributed by atoms with Gasteiger partial charge in [0, 0.05) is 11.3 Å². The summed E-state index contributed by atoms with van der Waals surface area (Å²) in [7, 11) is 0. The van der Waals surface area contributed by atoms with Crippen LogP contribution in [0, 0.1) is 11.3 Å². The molecule has 2 N–H and O–H groups in total. The summed E-state index contributed by atoms with van der Waals surface area (Å²) in [5.41, 5.74) is 4.13. The number of carbonyl (C=O) groups is 2. The molecule has 8 nitrogen and oxygen atoms in total. The zero-order valence-electron chi connectivity index (χ0n) is 21.4. The lowest BCUT2D eigenvalue weighted by atomic mass is 9.85. The summed E-state index contributed by atoms with van der Waals surface area (Å²) in [6, 6.07) is 8.27. The topological polar surface area (TPSA) is 111 Å². The number of hydrogen-bond acceptors (Lipinski definition) is 6. The molecule has 0 spiro atoms. The minimum Gasteiger partial charge on any atom is -0.459 e. The minimum absolute atomic E-state index is 0.122. The molecule has 1 aliphatic heterocycles. The molecule has 0 saturated carbocycles. The number of nitrogens with one attached hydrogen (secondary N) is 2. The average Bonchev–Trinajstić information content (AvgIpc) is 3.34. The Bertz CT molecular complexity index is 1180. The number of aromatic nitrogens is 2. The number of benzene rings is 1. The van der Waals surface area contributed by atoms with Gasteiger partial charge in [0.25, 0.3) is 5.91 Å². The molecule has 36 heavy (non-hydrogen) atoms. The van der Waals surface area contributed by atoms with Crippen LogP contribution in [0.15, 0.2) is 30.5 Å². The van der Waals surface area contributed by atoms with E-state index in [2.05, 4.69) is 38.4 Å². The standard InChI is InChI=1S/C28H35N5O3/c1-28(2,3)36-25(34)18-33-13-11-19(12-14-33)21-9-10-24(23(15-21)20-7-5-4-6-8-20)32-27(35)26-30-17-22(16-29)31-26/h7,9-10,15,17,19H,4-6,8,11-14,18H2,1-3H3,(H,30,31)(H,32,35). The fraction of sp³-hybridized carbons (Fsp3) is 0.500. The number of nitrogens with zero attached hydrogens (tertiary/aromatic N) is 3. The summed E-state index contributed by atoms with van der Waals surface area (Å²) in [4.78, 5) is 33.9. The molecule has 1 saturated heterocycles. The number of esters is 1. The van der Waals surface area contributed by atoms with E-state index in [1.165, 1.54) is 23.8 Å². The molecule has 0 unspecified atom stereocenters. The Morgan fingerprint density at radius 3 is 2.67 bits per heavy atom. The summed E-state index contributed by atoms with van der Waals surface area (Å²) < 4.78 is 5.48. The van der Waals surface area contributed by atoms with Crippen LogP contribution in [0.4, 0.5) is 5.69 Å². The van der Waals surface area contributed by atoms with Gasteiger partial charge < -0.3 is 15.0 Å². The van der Waals surface area contributed by atoms with Crippen molar-refractivity contribution >= 4 is 23.1 Å². The number of amides is 1. The second-order valence-corrected chi connectivity index (χ2v) is 10.6. The van der Waals surface area contributed by atoms with Crippen LogP contribution < -0.4 is 5.32 Å². The molecule has 2 aromatic rings. The van der Waals surface area contributed by atoms with Crippen molar-refractivity contribution in [2.45, 2.75) is 70.8 Å². The van der Waals surface area contributed by atoms with E-state index in [4.69, 9.17) is 10.00 Å². The first-order chi connectivity index (χ1) is 17.2. The molecule has 4 rings (SSSR count). The lowest BCUT2D eigenvalue weighted by Gasteiger charge is -2.32. The highest BCUT2D eigenvalue weighted by Gasteiger charge is 2.25. The molecule has 190 valence electrons. The van der Waals surface area contributed by atoms with Crippen LogP contribution in [0.1, 0.15) is 92.7 Å². The van der Waals surface area contributed by atoms with Crippen LogP contribution >= 0.6 is 0 Å². The average molecular weight is 490 g/mol. The molecule has 1 aromatic heterocycles. The molecular formula is C28H35N5O3. The number of anilines is 1. The highest BCUT2D eigenvalue weighted by atomic mass is 16.6. The van der Waals surface area contributed by atoms with Gasteiger partial charge in [-0.2, -0.15) is 5.26 Å². The van der Waals surface area contributed by atoms with Crippen molar-refractivity contribution in [1.82, 2.24) is 14.9 Å². The van der Waals surface area contributed by atoms with Gasteiger partial charge in [-0.3, -0.25) is 14.5 Å². The van der Waals surface area contributed by atoms with Crippen molar-refractivity contribution in [3.63, 3.8) is 0 Å². The fourth-order valence-corrected chi connectivity index (χ4v) is 4.93. The second kappa shape index (κ2) is 11.1. The van der Waals surface area contributed by atoms with Gasteiger partial charge >= 0.3 is 5.97 Å². The molecule has 0 radical (unpaired) electrons. The van der Waals surface area contributed by atoms with Crippen LogP contribution in [0.3, 0.4) is 0 Å². The zero-order chi connectivity index (χ0) is 25.7. The molecule has 1 aliphatic carbocycles. The Hall–Kier alpha value is -3.44. The van der Waals surface area contributed by atoms with Gasteiger partial charge in [0.15, 0.2) is 5.82 Å². The molecule has 8 heteroatoms. The molecule has 1 fully saturated rings. The van der Waals surface area contributed by atoms with E-state index in [1.807, 2.05) is 32.9 Å². The first-order valence-corrected chi connectivity index (χ1v) is 12.8. The summed E-state index contributed by atoms with van der Waals surface area (Å²) in [6.45, 7) is 7.69. The van der Waals surface area contributed by atoms with Crippen LogP contribution in [-0.4, -0.2) is 52.0 Å². The molecule has 0 atom stereocenters. The smallest absolute Gasteiger partial charge is 0.320 e. The van der Waals surface area contributed by atoms with Gasteiger partial charge in [-0.1, -0.05) is 12.1 Å². The number of allylic oxidation sites excluding steroid dienone is 2. The number of hydrogen-bond donors (Lipinski definition) is 2. The SMILES string of the molecule is CC(C)(C)OC(=O)CN1CCC(c2ccc(NC(=O)c3ncc(C#N)[nH]3)c(C3=CCCCC3)c2)CC1. The Morgan fingerprint density at radius 1 is 1.25 bits per heavy atom. The van der Waals surface area contributed by atoms with E-state index in [0.717, 1.165) is 56.4 Å². The van der Waals surface area contributed by atoms with Gasteiger partial charge in [0.2, 0.25) is 0 Å². The maximum Gasteiger partial charge on any atom is 0.320 e. The number of imidazole rings is 1. The Kier molecular flexibility index (Phi) is 7.90. The maximum atomic E-state index is 12.8. The molecule has 1 amide bonds. The monoisotopic (exact) mass is 489 g/mol. The lowest BCUT2D eigenvalue weighted by molar-refractivity contribution is -0.156. The van der Waals surface area contributed by atoms with Gasteiger partial charge in [0.05, 0.1) is 12.7 Å². The van der Waals surface area contributed by atoms with Crippen molar-refractivity contribution in [3.8, 4) is 6.07 Å². The summed E-state index contributed by atoms with van der Waals surface area (Å²) in [5.74, 6) is -0.0178. The number of H-pyrrole nitrogens is 1. The zero-order valence-corrected chi connectivity index (χ0v) is 21.4. The van der Waals surface area contributed by atoms with Crippen LogP contribution in [0.2, 0.25) is 0 Å². The Morgan fingerprint density at radius 2 is 2.03 bits per heavy atom.